The number of ether oxygens (including phenoxy) is 3. The van der Waals surface area contributed by atoms with Crippen molar-refractivity contribution in [1.82, 2.24) is 10.0 Å². The van der Waals surface area contributed by atoms with Crippen molar-refractivity contribution in [3.63, 3.8) is 0 Å². The first-order chi connectivity index (χ1) is 13.4. The smallest absolute Gasteiger partial charge is 0.255 e. The molecule has 0 spiro atoms. The molecule has 28 heavy (non-hydrogen) atoms. The van der Waals surface area contributed by atoms with Gasteiger partial charge in [0.05, 0.1) is 24.1 Å². The second-order valence-corrected chi connectivity index (χ2v) is 7.84. The normalized spacial score (nSPS) is 15.7. The molecule has 150 valence electrons. The number of rotatable bonds is 7. The van der Waals surface area contributed by atoms with Crippen molar-refractivity contribution in [2.75, 3.05) is 26.8 Å². The number of nitrogens with one attached hydrogen (secondary N) is 2. The number of carbonyl (C=O) groups excluding carboxylic acids is 1. The van der Waals surface area contributed by atoms with Gasteiger partial charge in [0.15, 0.2) is 11.5 Å². The molecule has 0 unspecified atom stereocenters. The summed E-state index contributed by atoms with van der Waals surface area (Å²) in [7, 11) is -2.43. The molecule has 0 aromatic heterocycles. The molecule has 8 nitrogen and oxygen atoms in total. The Morgan fingerprint density at radius 2 is 1.96 bits per heavy atom. The van der Waals surface area contributed by atoms with Crippen LogP contribution < -0.4 is 24.2 Å². The van der Waals surface area contributed by atoms with Crippen molar-refractivity contribution < 1.29 is 27.4 Å². The number of methoxy groups -OCH3 is 1. The molecule has 0 bridgehead atoms. The fourth-order valence-electron chi connectivity index (χ4n) is 2.74. The minimum Gasteiger partial charge on any atom is -0.496 e. The zero-order valence-corrected chi connectivity index (χ0v) is 16.4. The predicted molar refractivity (Wildman–Crippen MR) is 103 cm³/mol. The molecule has 3 rings (SSSR count). The lowest BCUT2D eigenvalue weighted by Gasteiger charge is -2.26. The lowest BCUT2D eigenvalue weighted by Crippen LogP contribution is -2.40. The molecule has 9 heteroatoms. The van der Waals surface area contributed by atoms with Gasteiger partial charge < -0.3 is 19.5 Å². The molecule has 0 radical (unpaired) electrons. The zero-order chi connectivity index (χ0) is 20.1. The summed E-state index contributed by atoms with van der Waals surface area (Å²) in [5.74, 6) is 1.09. The minimum atomic E-state index is -3.85. The molecule has 2 N–H and O–H groups in total. The van der Waals surface area contributed by atoms with Crippen LogP contribution in [0.25, 0.3) is 0 Å². The number of sulfonamides is 1. The summed E-state index contributed by atoms with van der Waals surface area (Å²) in [5, 5.41) is 2.64. The number of amides is 1. The number of benzene rings is 2. The van der Waals surface area contributed by atoms with Gasteiger partial charge in [-0.25, -0.2) is 13.1 Å². The molecule has 0 fully saturated rings. The summed E-state index contributed by atoms with van der Waals surface area (Å²) in [6.45, 7) is 2.44. The van der Waals surface area contributed by atoms with Gasteiger partial charge in [0.25, 0.3) is 5.91 Å². The zero-order valence-electron chi connectivity index (χ0n) is 15.6. The monoisotopic (exact) mass is 406 g/mol. The van der Waals surface area contributed by atoms with E-state index in [9.17, 15) is 13.2 Å². The van der Waals surface area contributed by atoms with Crippen LogP contribution in [0, 0.1) is 0 Å². The molecule has 1 aliphatic rings. The van der Waals surface area contributed by atoms with Crippen LogP contribution in [0.4, 0.5) is 0 Å². The first-order valence-electron chi connectivity index (χ1n) is 8.79. The second kappa shape index (κ2) is 8.49. The number of carbonyl (C=O) groups is 1. The van der Waals surface area contributed by atoms with Crippen LogP contribution in [-0.2, 0) is 10.0 Å². The summed E-state index contributed by atoms with van der Waals surface area (Å²) in [6, 6.07) is 11.3. The topological polar surface area (TPSA) is 103 Å². The van der Waals surface area contributed by atoms with E-state index in [4.69, 9.17) is 14.2 Å². The average Bonchev–Trinajstić information content (AvgIpc) is 2.71. The highest BCUT2D eigenvalue weighted by atomic mass is 32.2. The second-order valence-electron chi connectivity index (χ2n) is 6.07. The molecule has 0 aliphatic carbocycles. The van der Waals surface area contributed by atoms with E-state index in [0.29, 0.717) is 23.8 Å². The quantitative estimate of drug-likeness (QED) is 0.723. The van der Waals surface area contributed by atoms with Crippen LogP contribution in [0.3, 0.4) is 0 Å². The molecule has 1 heterocycles. The average molecular weight is 406 g/mol. The van der Waals surface area contributed by atoms with E-state index in [1.165, 1.54) is 25.3 Å². The van der Waals surface area contributed by atoms with E-state index in [0.717, 1.165) is 0 Å². The molecule has 0 saturated heterocycles. The third-order valence-electron chi connectivity index (χ3n) is 4.13. The van der Waals surface area contributed by atoms with E-state index >= 15 is 0 Å². The molecule has 1 aliphatic heterocycles. The first kappa shape index (κ1) is 20.0. The number of para-hydroxylation sites is 2. The van der Waals surface area contributed by atoms with Crippen LogP contribution in [0.5, 0.6) is 17.2 Å². The molecule has 1 amide bonds. The number of hydrogen-bond acceptors (Lipinski definition) is 6. The molecule has 2 aromatic carbocycles. The van der Waals surface area contributed by atoms with E-state index in [-0.39, 0.29) is 23.6 Å². The highest BCUT2D eigenvalue weighted by Gasteiger charge is 2.24. The van der Waals surface area contributed by atoms with Crippen molar-refractivity contribution >= 4 is 15.9 Å². The molecular formula is C19H22N2O6S. The van der Waals surface area contributed by atoms with Crippen LogP contribution >= 0.6 is 0 Å². The Hall–Kier alpha value is -2.78. The van der Waals surface area contributed by atoms with Gasteiger partial charge in [0.1, 0.15) is 18.5 Å². The number of hydrogen-bond donors (Lipinski definition) is 2. The lowest BCUT2D eigenvalue weighted by atomic mass is 10.2. The molecular weight excluding hydrogens is 384 g/mol. The highest BCUT2D eigenvalue weighted by Crippen LogP contribution is 2.30. The van der Waals surface area contributed by atoms with Gasteiger partial charge in [-0.1, -0.05) is 12.1 Å². The van der Waals surface area contributed by atoms with Gasteiger partial charge in [-0.05, 0) is 37.3 Å². The Labute approximate surface area is 163 Å². The van der Waals surface area contributed by atoms with Crippen molar-refractivity contribution in [2.45, 2.75) is 17.9 Å². The van der Waals surface area contributed by atoms with Crippen molar-refractivity contribution in [2.24, 2.45) is 0 Å². The van der Waals surface area contributed by atoms with Crippen molar-refractivity contribution in [3.05, 3.63) is 48.0 Å². The van der Waals surface area contributed by atoms with Crippen LogP contribution in [0.1, 0.15) is 17.3 Å². The van der Waals surface area contributed by atoms with E-state index in [1.807, 2.05) is 12.1 Å². The summed E-state index contributed by atoms with van der Waals surface area (Å²) < 4.78 is 44.4. The van der Waals surface area contributed by atoms with E-state index < -0.39 is 22.0 Å². The van der Waals surface area contributed by atoms with Gasteiger partial charge in [0, 0.05) is 6.54 Å². The maximum absolute atomic E-state index is 12.7. The van der Waals surface area contributed by atoms with Crippen molar-refractivity contribution in [3.8, 4) is 17.2 Å². The summed E-state index contributed by atoms with van der Waals surface area (Å²) in [4.78, 5) is 12.1. The SMILES string of the molecule is CCNC(=O)c1cc(S(=O)(=O)NC[C@H]2COc3ccccc3O2)ccc1OC. The van der Waals surface area contributed by atoms with Gasteiger partial charge in [0.2, 0.25) is 10.0 Å². The van der Waals surface area contributed by atoms with Crippen molar-refractivity contribution in [1.29, 1.82) is 0 Å². The van der Waals surface area contributed by atoms with E-state index in [1.54, 1.807) is 19.1 Å². The standard InChI is InChI=1S/C19H22N2O6S/c1-3-20-19(22)15-10-14(8-9-16(15)25-2)28(23,24)21-11-13-12-26-17-6-4-5-7-18(17)27-13/h4-10,13,21H,3,11-12H2,1-2H3,(H,20,22)/t13-/m0/s1. The lowest BCUT2D eigenvalue weighted by molar-refractivity contribution is 0.0942. The Kier molecular flexibility index (Phi) is 6.05. The Morgan fingerprint density at radius 1 is 1.21 bits per heavy atom. The van der Waals surface area contributed by atoms with Crippen LogP contribution in [0.2, 0.25) is 0 Å². The molecule has 2 aromatic rings. The van der Waals surface area contributed by atoms with Crippen LogP contribution in [0.15, 0.2) is 47.4 Å². The Morgan fingerprint density at radius 3 is 2.68 bits per heavy atom. The fourth-order valence-corrected chi connectivity index (χ4v) is 3.83. The van der Waals surface area contributed by atoms with Gasteiger partial charge in [-0.3, -0.25) is 4.79 Å². The fraction of sp³-hybridized carbons (Fsp3) is 0.316. The first-order valence-corrected chi connectivity index (χ1v) is 10.3. The summed E-state index contributed by atoms with van der Waals surface area (Å²) in [6.07, 6.45) is -0.467. The van der Waals surface area contributed by atoms with Gasteiger partial charge in [-0.2, -0.15) is 0 Å². The maximum atomic E-state index is 12.7. The third kappa shape index (κ3) is 4.37. The summed E-state index contributed by atoms with van der Waals surface area (Å²) >= 11 is 0. The Balaban J connectivity index is 1.73. The summed E-state index contributed by atoms with van der Waals surface area (Å²) in [5.41, 5.74) is 0.151. The van der Waals surface area contributed by atoms with Gasteiger partial charge >= 0.3 is 0 Å². The largest absolute Gasteiger partial charge is 0.496 e. The molecule has 0 saturated carbocycles. The van der Waals surface area contributed by atoms with Crippen LogP contribution in [-0.4, -0.2) is 47.2 Å². The Bertz CT molecular complexity index is 961. The maximum Gasteiger partial charge on any atom is 0.255 e. The third-order valence-corrected chi connectivity index (χ3v) is 5.55. The number of fused-ring (bicyclic) bond motifs is 1. The highest BCUT2D eigenvalue weighted by molar-refractivity contribution is 7.89. The predicted octanol–water partition coefficient (Wildman–Crippen LogP) is 1.56. The van der Waals surface area contributed by atoms with E-state index in [2.05, 4.69) is 10.0 Å². The molecule has 1 atom stereocenters. The van der Waals surface area contributed by atoms with Gasteiger partial charge in [-0.15, -0.1) is 0 Å². The minimum absolute atomic E-state index is 0.0270.